The molecule has 23 heavy (non-hydrogen) atoms. The molecule has 118 valence electrons. The molecule has 0 bridgehead atoms. The van der Waals surface area contributed by atoms with E-state index in [1.165, 1.54) is 12.1 Å². The summed E-state index contributed by atoms with van der Waals surface area (Å²) in [5, 5.41) is 3.02. The highest BCUT2D eigenvalue weighted by molar-refractivity contribution is 7.81. The molecule has 2 aromatic rings. The van der Waals surface area contributed by atoms with Crippen LogP contribution in [0, 0.1) is 0 Å². The van der Waals surface area contributed by atoms with Gasteiger partial charge in [-0.15, -0.1) is 0 Å². The number of amides is 1. The Kier molecular flexibility index (Phi) is 5.40. The number of carbonyl (C=O) groups is 2. The number of benzene rings is 2. The van der Waals surface area contributed by atoms with Gasteiger partial charge in [0.15, 0.2) is 6.29 Å². The number of anilines is 1. The van der Waals surface area contributed by atoms with Crippen LogP contribution in [0.5, 0.6) is 5.75 Å². The van der Waals surface area contributed by atoms with Gasteiger partial charge in [0.25, 0.3) is 5.91 Å². The number of thiocarbonyl (C=S) groups is 1. The van der Waals surface area contributed by atoms with Crippen molar-refractivity contribution in [2.45, 2.75) is 0 Å². The first-order valence-electron chi connectivity index (χ1n) is 6.64. The van der Waals surface area contributed by atoms with Gasteiger partial charge in [0.2, 0.25) is 0 Å². The summed E-state index contributed by atoms with van der Waals surface area (Å²) >= 11 is 5.33. The number of aldehydes is 1. The highest BCUT2D eigenvalue weighted by Gasteiger charge is 2.11. The summed E-state index contributed by atoms with van der Waals surface area (Å²) in [4.78, 5) is 23.2. The van der Waals surface area contributed by atoms with Crippen LogP contribution in [0.2, 0.25) is 0 Å². The lowest BCUT2D eigenvalue weighted by molar-refractivity contribution is 0.0948. The van der Waals surface area contributed by atoms with E-state index in [9.17, 15) is 9.59 Å². The number of carbonyl (C=O) groups excluding carboxylic acids is 2. The molecule has 0 spiro atoms. The third kappa shape index (κ3) is 3.91. The first kappa shape index (κ1) is 16.6. The van der Waals surface area contributed by atoms with Crippen LogP contribution in [0.4, 0.5) is 5.69 Å². The van der Waals surface area contributed by atoms with Gasteiger partial charge in [0, 0.05) is 16.8 Å². The van der Waals surface area contributed by atoms with Crippen molar-refractivity contribution < 1.29 is 14.3 Å². The predicted molar refractivity (Wildman–Crippen MR) is 91.8 cm³/mol. The summed E-state index contributed by atoms with van der Waals surface area (Å²) in [6.45, 7) is 0. The quantitative estimate of drug-likeness (QED) is 0.255. The maximum Gasteiger partial charge on any atom is 0.265 e. The Bertz CT molecular complexity index is 745. The van der Waals surface area contributed by atoms with Gasteiger partial charge in [-0.25, -0.2) is 5.84 Å². The number of nitrogens with one attached hydrogen (secondary N) is 2. The molecule has 0 aliphatic rings. The zero-order chi connectivity index (χ0) is 16.8. The van der Waals surface area contributed by atoms with Gasteiger partial charge < -0.3 is 10.1 Å². The Morgan fingerprint density at radius 3 is 2.48 bits per heavy atom. The molecule has 4 N–H and O–H groups in total. The fraction of sp³-hybridized carbons (Fsp3) is 0.0625. The number of nitrogen functional groups attached to an aromatic ring is 1. The number of hydrogen-bond donors (Lipinski definition) is 3. The van der Waals surface area contributed by atoms with Crippen LogP contribution >= 0.6 is 12.2 Å². The molecule has 2 aromatic carbocycles. The van der Waals surface area contributed by atoms with E-state index in [0.29, 0.717) is 17.0 Å². The third-order valence-electron chi connectivity index (χ3n) is 3.17. The lowest BCUT2D eigenvalue weighted by atomic mass is 10.1. The zero-order valence-corrected chi connectivity index (χ0v) is 13.1. The van der Waals surface area contributed by atoms with Crippen LogP contribution in [0.3, 0.4) is 0 Å². The number of ether oxygens (including phenoxy) is 1. The average Bonchev–Trinajstić information content (AvgIpc) is 2.61. The molecule has 0 atom stereocenters. The summed E-state index contributed by atoms with van der Waals surface area (Å²) in [5.41, 5.74) is 3.80. The van der Waals surface area contributed by atoms with Crippen LogP contribution in [0.25, 0.3) is 0 Å². The van der Waals surface area contributed by atoms with Crippen molar-refractivity contribution in [2.24, 2.45) is 5.84 Å². The monoisotopic (exact) mass is 329 g/mol. The molecule has 2 rings (SSSR count). The van der Waals surface area contributed by atoms with Gasteiger partial charge in [0.1, 0.15) is 10.7 Å². The SMILES string of the molecule is COc1ccc(C(=S)Nc2ccc(C=O)c(C(=O)NN)c2)cc1. The molecule has 0 aromatic heterocycles. The van der Waals surface area contributed by atoms with Crippen molar-refractivity contribution in [3.8, 4) is 5.75 Å². The number of hydrogen-bond acceptors (Lipinski definition) is 5. The predicted octanol–water partition coefficient (Wildman–Crippen LogP) is 1.90. The van der Waals surface area contributed by atoms with E-state index in [0.717, 1.165) is 11.3 Å². The molecular weight excluding hydrogens is 314 g/mol. The summed E-state index contributed by atoms with van der Waals surface area (Å²) in [6, 6.07) is 11.9. The van der Waals surface area contributed by atoms with E-state index in [2.05, 4.69) is 5.32 Å². The molecule has 0 saturated carbocycles. The minimum Gasteiger partial charge on any atom is -0.497 e. The van der Waals surface area contributed by atoms with Crippen LogP contribution in [0.1, 0.15) is 26.3 Å². The molecule has 0 aliphatic carbocycles. The van der Waals surface area contributed by atoms with Crippen molar-refractivity contribution in [3.05, 3.63) is 59.2 Å². The highest BCUT2D eigenvalue weighted by atomic mass is 32.1. The average molecular weight is 329 g/mol. The van der Waals surface area contributed by atoms with Gasteiger partial charge in [-0.1, -0.05) is 12.2 Å². The Balaban J connectivity index is 2.23. The number of hydrazine groups is 1. The first-order chi connectivity index (χ1) is 11.1. The highest BCUT2D eigenvalue weighted by Crippen LogP contribution is 2.17. The molecule has 0 heterocycles. The minimum atomic E-state index is -0.550. The van der Waals surface area contributed by atoms with Crippen molar-refractivity contribution in [1.82, 2.24) is 5.43 Å². The van der Waals surface area contributed by atoms with Crippen molar-refractivity contribution in [1.29, 1.82) is 0 Å². The molecule has 7 heteroatoms. The maximum absolute atomic E-state index is 11.7. The van der Waals surface area contributed by atoms with Gasteiger partial charge >= 0.3 is 0 Å². The van der Waals surface area contributed by atoms with Crippen LogP contribution < -0.4 is 21.3 Å². The molecule has 6 nitrogen and oxygen atoms in total. The molecule has 0 fully saturated rings. The van der Waals surface area contributed by atoms with Crippen molar-refractivity contribution >= 4 is 35.1 Å². The largest absolute Gasteiger partial charge is 0.497 e. The summed E-state index contributed by atoms with van der Waals surface area (Å²) in [5.74, 6) is 5.30. The normalized spacial score (nSPS) is 9.83. The molecule has 0 unspecified atom stereocenters. The molecular formula is C16H15N3O3S. The summed E-state index contributed by atoms with van der Waals surface area (Å²) in [6.07, 6.45) is 0.593. The van der Waals surface area contributed by atoms with E-state index in [-0.39, 0.29) is 11.1 Å². The van der Waals surface area contributed by atoms with E-state index in [1.54, 1.807) is 25.3 Å². The number of nitrogens with two attached hydrogens (primary N) is 1. The minimum absolute atomic E-state index is 0.171. The van der Waals surface area contributed by atoms with Crippen LogP contribution in [-0.4, -0.2) is 24.3 Å². The second-order valence-electron chi connectivity index (χ2n) is 4.58. The number of rotatable bonds is 5. The maximum atomic E-state index is 11.7. The molecule has 0 aliphatic heterocycles. The van der Waals surface area contributed by atoms with E-state index in [4.69, 9.17) is 22.8 Å². The Labute approximate surface area is 138 Å². The summed E-state index contributed by atoms with van der Waals surface area (Å²) < 4.78 is 5.09. The van der Waals surface area contributed by atoms with Crippen LogP contribution in [-0.2, 0) is 0 Å². The fourth-order valence-corrected chi connectivity index (χ4v) is 2.21. The Morgan fingerprint density at radius 2 is 1.91 bits per heavy atom. The van der Waals surface area contributed by atoms with E-state index >= 15 is 0 Å². The van der Waals surface area contributed by atoms with E-state index in [1.807, 2.05) is 17.6 Å². The van der Waals surface area contributed by atoms with Crippen molar-refractivity contribution in [3.63, 3.8) is 0 Å². The molecule has 0 radical (unpaired) electrons. The molecule has 1 amide bonds. The number of methoxy groups -OCH3 is 1. The first-order valence-corrected chi connectivity index (χ1v) is 7.05. The standard InChI is InChI=1S/C16H15N3O3S/c1-22-13-6-3-10(4-7-13)16(23)18-12-5-2-11(9-20)14(8-12)15(21)19-17/h2-9H,17H2,1H3,(H,18,23)(H,19,21). The lowest BCUT2D eigenvalue weighted by Gasteiger charge is -2.11. The zero-order valence-electron chi connectivity index (χ0n) is 12.3. The second-order valence-corrected chi connectivity index (χ2v) is 4.98. The second kappa shape index (κ2) is 7.48. The third-order valence-corrected chi connectivity index (χ3v) is 3.50. The lowest BCUT2D eigenvalue weighted by Crippen LogP contribution is -2.31. The van der Waals surface area contributed by atoms with Crippen LogP contribution in [0.15, 0.2) is 42.5 Å². The van der Waals surface area contributed by atoms with Gasteiger partial charge in [0.05, 0.1) is 12.7 Å². The van der Waals surface area contributed by atoms with Gasteiger partial charge in [-0.05, 0) is 42.5 Å². The summed E-state index contributed by atoms with van der Waals surface area (Å²) in [7, 11) is 1.59. The Hall–Kier alpha value is -2.77. The topological polar surface area (TPSA) is 93.4 Å². The van der Waals surface area contributed by atoms with E-state index < -0.39 is 5.91 Å². The molecule has 0 saturated heterocycles. The van der Waals surface area contributed by atoms with Gasteiger partial charge in [-0.3, -0.25) is 15.0 Å². The van der Waals surface area contributed by atoms with Crippen molar-refractivity contribution in [2.75, 3.05) is 12.4 Å². The fourth-order valence-electron chi connectivity index (χ4n) is 1.96. The Morgan fingerprint density at radius 1 is 1.22 bits per heavy atom. The smallest absolute Gasteiger partial charge is 0.265 e. The van der Waals surface area contributed by atoms with Gasteiger partial charge in [-0.2, -0.15) is 0 Å².